The molecule has 1 saturated carbocycles. The molecule has 2 rings (SSSR count). The van der Waals surface area contributed by atoms with Crippen molar-refractivity contribution in [3.05, 3.63) is 0 Å². The normalized spacial score (nSPS) is 25.3. The van der Waals surface area contributed by atoms with Crippen LogP contribution in [0, 0.1) is 29.6 Å². The molecule has 2 aliphatic rings. The number of hydrogen-bond acceptors (Lipinski definition) is 5. The second-order valence-corrected chi connectivity index (χ2v) is 5.96. The number of rotatable bonds is 10. The van der Waals surface area contributed by atoms with Gasteiger partial charge in [0.15, 0.2) is 0 Å². The van der Waals surface area contributed by atoms with Crippen molar-refractivity contribution < 1.29 is 19.0 Å². The maximum absolute atomic E-state index is 11.6. The van der Waals surface area contributed by atoms with Crippen LogP contribution < -0.4 is 11.1 Å². The van der Waals surface area contributed by atoms with Gasteiger partial charge in [-0.2, -0.15) is 0 Å². The average molecular weight is 324 g/mol. The van der Waals surface area contributed by atoms with Crippen molar-refractivity contribution >= 4 is 6.09 Å². The van der Waals surface area contributed by atoms with Crippen LogP contribution in [0.2, 0.25) is 0 Å². The number of hydrogen-bond donors (Lipinski definition) is 2. The van der Waals surface area contributed by atoms with Gasteiger partial charge in [0.05, 0.1) is 33.0 Å². The van der Waals surface area contributed by atoms with E-state index in [1.807, 2.05) is 0 Å². The summed E-state index contributed by atoms with van der Waals surface area (Å²) in [7, 11) is 0. The summed E-state index contributed by atoms with van der Waals surface area (Å²) < 4.78 is 15.8. The van der Waals surface area contributed by atoms with E-state index in [1.54, 1.807) is 0 Å². The molecule has 0 bridgehead atoms. The SMILES string of the molecule is NCCOCCOCCNC(=O)OC[C@@H]1[C@@H]2CCC#CCC[C@@H]21. The zero-order chi connectivity index (χ0) is 16.3. The van der Waals surface area contributed by atoms with Crippen LogP contribution in [0.25, 0.3) is 0 Å². The molecule has 0 spiro atoms. The van der Waals surface area contributed by atoms with Crippen LogP contribution in [-0.4, -0.2) is 52.2 Å². The number of alkyl carbamates (subject to hydrolysis) is 1. The Balaban J connectivity index is 1.44. The third kappa shape index (κ3) is 6.78. The average Bonchev–Trinajstić information content (AvgIpc) is 3.17. The molecule has 0 aromatic heterocycles. The third-order valence-corrected chi connectivity index (χ3v) is 4.40. The molecule has 0 saturated heterocycles. The summed E-state index contributed by atoms with van der Waals surface area (Å²) in [6.45, 7) is 3.51. The number of amides is 1. The van der Waals surface area contributed by atoms with E-state index >= 15 is 0 Å². The summed E-state index contributed by atoms with van der Waals surface area (Å²) >= 11 is 0. The molecular weight excluding hydrogens is 296 g/mol. The van der Waals surface area contributed by atoms with Gasteiger partial charge in [0, 0.05) is 25.9 Å². The molecule has 3 atom stereocenters. The van der Waals surface area contributed by atoms with Crippen molar-refractivity contribution in [3.63, 3.8) is 0 Å². The summed E-state index contributed by atoms with van der Waals surface area (Å²) in [6, 6.07) is 0. The Morgan fingerprint density at radius 2 is 1.70 bits per heavy atom. The number of carbonyl (C=O) groups is 1. The lowest BCUT2D eigenvalue weighted by atomic mass is 10.1. The van der Waals surface area contributed by atoms with Crippen LogP contribution in [-0.2, 0) is 14.2 Å². The van der Waals surface area contributed by atoms with Crippen molar-refractivity contribution in [1.82, 2.24) is 5.32 Å². The molecular formula is C17H28N2O4. The van der Waals surface area contributed by atoms with E-state index in [0.29, 0.717) is 63.9 Å². The maximum Gasteiger partial charge on any atom is 0.407 e. The minimum Gasteiger partial charge on any atom is -0.449 e. The Labute approximate surface area is 138 Å². The molecule has 2 aliphatic carbocycles. The second kappa shape index (κ2) is 10.5. The molecule has 0 aliphatic heterocycles. The molecule has 0 heterocycles. The van der Waals surface area contributed by atoms with Gasteiger partial charge in [-0.3, -0.25) is 0 Å². The quantitative estimate of drug-likeness (QED) is 0.465. The highest BCUT2D eigenvalue weighted by Crippen LogP contribution is 2.52. The van der Waals surface area contributed by atoms with Crippen molar-refractivity contribution in [3.8, 4) is 11.8 Å². The maximum atomic E-state index is 11.6. The van der Waals surface area contributed by atoms with Crippen molar-refractivity contribution in [2.45, 2.75) is 25.7 Å². The van der Waals surface area contributed by atoms with E-state index in [-0.39, 0.29) is 6.09 Å². The first-order chi connectivity index (χ1) is 11.3. The molecule has 0 aromatic rings. The van der Waals surface area contributed by atoms with E-state index in [2.05, 4.69) is 17.2 Å². The van der Waals surface area contributed by atoms with E-state index < -0.39 is 0 Å². The largest absolute Gasteiger partial charge is 0.449 e. The fourth-order valence-electron chi connectivity index (χ4n) is 3.14. The summed E-state index contributed by atoms with van der Waals surface area (Å²) in [5.74, 6) is 8.31. The van der Waals surface area contributed by atoms with Crippen LogP contribution in [0.1, 0.15) is 25.7 Å². The topological polar surface area (TPSA) is 82.8 Å². The predicted molar refractivity (Wildman–Crippen MR) is 86.8 cm³/mol. The second-order valence-electron chi connectivity index (χ2n) is 5.96. The lowest BCUT2D eigenvalue weighted by molar-refractivity contribution is 0.0511. The van der Waals surface area contributed by atoms with Crippen molar-refractivity contribution in [2.24, 2.45) is 23.5 Å². The van der Waals surface area contributed by atoms with Gasteiger partial charge in [0.1, 0.15) is 0 Å². The molecule has 1 amide bonds. The number of ether oxygens (including phenoxy) is 3. The minimum atomic E-state index is -0.358. The number of fused-ring (bicyclic) bond motifs is 1. The highest BCUT2D eigenvalue weighted by Gasteiger charge is 2.49. The summed E-state index contributed by atoms with van der Waals surface area (Å²) in [5.41, 5.74) is 5.30. The minimum absolute atomic E-state index is 0.358. The molecule has 0 unspecified atom stereocenters. The van der Waals surface area contributed by atoms with E-state index in [4.69, 9.17) is 19.9 Å². The Morgan fingerprint density at radius 1 is 1.04 bits per heavy atom. The van der Waals surface area contributed by atoms with Crippen LogP contribution in [0.3, 0.4) is 0 Å². The molecule has 130 valence electrons. The van der Waals surface area contributed by atoms with Gasteiger partial charge < -0.3 is 25.3 Å². The molecule has 0 radical (unpaired) electrons. The number of nitrogens with one attached hydrogen (secondary N) is 1. The van der Waals surface area contributed by atoms with Gasteiger partial charge in [-0.15, -0.1) is 11.8 Å². The smallest absolute Gasteiger partial charge is 0.407 e. The summed E-state index contributed by atoms with van der Waals surface area (Å²) in [5, 5.41) is 2.70. The fourth-order valence-corrected chi connectivity index (χ4v) is 3.14. The zero-order valence-corrected chi connectivity index (χ0v) is 13.7. The van der Waals surface area contributed by atoms with Gasteiger partial charge in [-0.05, 0) is 30.6 Å². The first-order valence-electron chi connectivity index (χ1n) is 8.55. The molecule has 6 nitrogen and oxygen atoms in total. The highest BCUT2D eigenvalue weighted by atomic mass is 16.6. The molecule has 1 fully saturated rings. The zero-order valence-electron chi connectivity index (χ0n) is 13.7. The number of carbonyl (C=O) groups excluding carboxylic acids is 1. The fraction of sp³-hybridized carbons (Fsp3) is 0.824. The van der Waals surface area contributed by atoms with Crippen LogP contribution in [0.15, 0.2) is 0 Å². The molecule has 0 aromatic carbocycles. The van der Waals surface area contributed by atoms with Crippen LogP contribution in [0.4, 0.5) is 4.79 Å². The van der Waals surface area contributed by atoms with E-state index in [9.17, 15) is 4.79 Å². The third-order valence-electron chi connectivity index (χ3n) is 4.40. The predicted octanol–water partition coefficient (Wildman–Crippen LogP) is 1.14. The lowest BCUT2D eigenvalue weighted by Crippen LogP contribution is -2.29. The van der Waals surface area contributed by atoms with E-state index in [1.165, 1.54) is 0 Å². The Bertz CT molecular complexity index is 401. The molecule has 23 heavy (non-hydrogen) atoms. The van der Waals surface area contributed by atoms with Crippen LogP contribution in [0.5, 0.6) is 0 Å². The Hall–Kier alpha value is -1.29. The lowest BCUT2D eigenvalue weighted by Gasteiger charge is -2.08. The molecule has 3 N–H and O–H groups in total. The monoisotopic (exact) mass is 324 g/mol. The summed E-state index contributed by atoms with van der Waals surface area (Å²) in [4.78, 5) is 11.6. The van der Waals surface area contributed by atoms with Gasteiger partial charge in [-0.25, -0.2) is 4.79 Å². The first kappa shape index (κ1) is 18.1. The first-order valence-corrected chi connectivity index (χ1v) is 8.55. The van der Waals surface area contributed by atoms with Crippen molar-refractivity contribution in [2.75, 3.05) is 46.1 Å². The summed E-state index contributed by atoms with van der Waals surface area (Å²) in [6.07, 6.45) is 3.90. The molecule has 6 heteroatoms. The van der Waals surface area contributed by atoms with Gasteiger partial charge in [-0.1, -0.05) is 0 Å². The Kier molecular flexibility index (Phi) is 8.23. The van der Waals surface area contributed by atoms with Gasteiger partial charge in [0.2, 0.25) is 0 Å². The van der Waals surface area contributed by atoms with Gasteiger partial charge in [0.25, 0.3) is 0 Å². The van der Waals surface area contributed by atoms with Crippen LogP contribution >= 0.6 is 0 Å². The number of nitrogens with two attached hydrogens (primary N) is 1. The Morgan fingerprint density at radius 3 is 2.35 bits per heavy atom. The standard InChI is InChI=1S/C17H28N2O4/c18-7-9-21-11-12-22-10-8-19-17(20)23-13-16-14-5-3-1-2-4-6-15(14)16/h14-16H,3-13,18H2,(H,19,20)/t14-,15+,16-. The highest BCUT2D eigenvalue weighted by molar-refractivity contribution is 5.67. The van der Waals surface area contributed by atoms with E-state index in [0.717, 1.165) is 25.7 Å². The van der Waals surface area contributed by atoms with Crippen molar-refractivity contribution in [1.29, 1.82) is 0 Å². The van der Waals surface area contributed by atoms with Gasteiger partial charge >= 0.3 is 6.09 Å².